The van der Waals surface area contributed by atoms with Gasteiger partial charge in [-0.25, -0.2) is 4.39 Å². The molecule has 0 saturated heterocycles. The maximum Gasteiger partial charge on any atom is 0.229 e. The molecule has 0 aliphatic carbocycles. The quantitative estimate of drug-likeness (QED) is 0.619. The topological polar surface area (TPSA) is 69.6 Å². The standard InChI is InChI=1S/C9H10FNO3/c10-6-3-1-2-4-7(6)11-8(12)5-9(13)14/h1-4,9,13-14H,5H2,(H,11,12). The third kappa shape index (κ3) is 3.12. The number of carbonyl (C=O) groups is 1. The second-order valence-electron chi connectivity index (χ2n) is 2.71. The number of hydrogen-bond acceptors (Lipinski definition) is 3. The number of benzene rings is 1. The molecule has 0 bridgehead atoms. The van der Waals surface area contributed by atoms with Crippen LogP contribution < -0.4 is 5.32 Å². The van der Waals surface area contributed by atoms with Gasteiger partial charge in [0.05, 0.1) is 12.1 Å². The van der Waals surface area contributed by atoms with Crippen molar-refractivity contribution in [3.05, 3.63) is 30.1 Å². The number of para-hydroxylation sites is 1. The lowest BCUT2D eigenvalue weighted by atomic mass is 10.3. The maximum atomic E-state index is 12.9. The van der Waals surface area contributed by atoms with Crippen LogP contribution in [0.4, 0.5) is 10.1 Å². The van der Waals surface area contributed by atoms with Gasteiger partial charge in [-0.2, -0.15) is 0 Å². The van der Waals surface area contributed by atoms with Crippen molar-refractivity contribution in [1.82, 2.24) is 0 Å². The van der Waals surface area contributed by atoms with E-state index in [1.807, 2.05) is 0 Å². The highest BCUT2D eigenvalue weighted by atomic mass is 19.1. The summed E-state index contributed by atoms with van der Waals surface area (Å²) in [6, 6.07) is 5.64. The van der Waals surface area contributed by atoms with E-state index in [1.54, 1.807) is 6.07 Å². The van der Waals surface area contributed by atoms with Crippen molar-refractivity contribution < 1.29 is 19.4 Å². The zero-order valence-electron chi connectivity index (χ0n) is 7.27. The van der Waals surface area contributed by atoms with Gasteiger partial charge in [-0.3, -0.25) is 4.79 Å². The predicted octanol–water partition coefficient (Wildman–Crippen LogP) is 0.465. The fraction of sp³-hybridized carbons (Fsp3) is 0.222. The number of halogens is 1. The number of nitrogens with one attached hydrogen (secondary N) is 1. The average Bonchev–Trinajstić information content (AvgIpc) is 2.07. The molecule has 0 radical (unpaired) electrons. The molecular weight excluding hydrogens is 189 g/mol. The number of rotatable bonds is 3. The van der Waals surface area contributed by atoms with Crippen molar-refractivity contribution in [3.8, 4) is 0 Å². The molecular formula is C9H10FNO3. The molecule has 0 atom stereocenters. The smallest absolute Gasteiger partial charge is 0.229 e. The number of anilines is 1. The van der Waals surface area contributed by atoms with E-state index in [2.05, 4.69) is 5.32 Å². The Bertz CT molecular complexity index is 328. The molecule has 0 aliphatic heterocycles. The van der Waals surface area contributed by atoms with Gasteiger partial charge in [-0.15, -0.1) is 0 Å². The molecule has 5 heteroatoms. The molecule has 0 aliphatic rings. The third-order valence-electron chi connectivity index (χ3n) is 1.52. The summed E-state index contributed by atoms with van der Waals surface area (Å²) in [6.07, 6.45) is -2.20. The first-order valence-corrected chi connectivity index (χ1v) is 4.00. The Morgan fingerprint density at radius 2 is 2.07 bits per heavy atom. The van der Waals surface area contributed by atoms with Crippen LogP contribution in [0.25, 0.3) is 0 Å². The Morgan fingerprint density at radius 3 is 2.64 bits per heavy atom. The molecule has 1 rings (SSSR count). The molecule has 1 amide bonds. The number of hydrogen-bond donors (Lipinski definition) is 3. The van der Waals surface area contributed by atoms with Gasteiger partial charge >= 0.3 is 0 Å². The Hall–Kier alpha value is -1.46. The second kappa shape index (κ2) is 4.69. The lowest BCUT2D eigenvalue weighted by molar-refractivity contribution is -0.124. The molecule has 0 heterocycles. The van der Waals surface area contributed by atoms with Crippen molar-refractivity contribution in [1.29, 1.82) is 0 Å². The van der Waals surface area contributed by atoms with Gasteiger partial charge in [0.25, 0.3) is 0 Å². The van der Waals surface area contributed by atoms with E-state index in [4.69, 9.17) is 10.2 Å². The molecule has 3 N–H and O–H groups in total. The van der Waals surface area contributed by atoms with Gasteiger partial charge in [0.15, 0.2) is 6.29 Å². The summed E-state index contributed by atoms with van der Waals surface area (Å²) in [5.74, 6) is -1.21. The third-order valence-corrected chi connectivity index (χ3v) is 1.52. The lowest BCUT2D eigenvalue weighted by Crippen LogP contribution is -2.19. The van der Waals surface area contributed by atoms with Gasteiger partial charge in [0.2, 0.25) is 5.91 Å². The number of amides is 1. The van der Waals surface area contributed by atoms with Crippen LogP contribution in [0, 0.1) is 5.82 Å². The van der Waals surface area contributed by atoms with Crippen LogP contribution >= 0.6 is 0 Å². The van der Waals surface area contributed by atoms with Crippen LogP contribution in [-0.2, 0) is 4.79 Å². The van der Waals surface area contributed by atoms with Crippen molar-refractivity contribution in [2.24, 2.45) is 0 Å². The van der Waals surface area contributed by atoms with Crippen molar-refractivity contribution >= 4 is 11.6 Å². The fourth-order valence-electron chi connectivity index (χ4n) is 0.930. The second-order valence-corrected chi connectivity index (χ2v) is 2.71. The first-order valence-electron chi connectivity index (χ1n) is 4.00. The molecule has 14 heavy (non-hydrogen) atoms. The SMILES string of the molecule is O=C(CC(O)O)Nc1ccccc1F. The van der Waals surface area contributed by atoms with E-state index in [9.17, 15) is 9.18 Å². The van der Waals surface area contributed by atoms with E-state index in [0.29, 0.717) is 0 Å². The summed E-state index contributed by atoms with van der Waals surface area (Å²) in [5.41, 5.74) is 0.0261. The lowest BCUT2D eigenvalue weighted by Gasteiger charge is -2.06. The minimum Gasteiger partial charge on any atom is -0.368 e. The van der Waals surface area contributed by atoms with Gasteiger partial charge < -0.3 is 15.5 Å². The summed E-state index contributed by atoms with van der Waals surface area (Å²) in [6.45, 7) is 0. The molecule has 1 aromatic carbocycles. The van der Waals surface area contributed by atoms with E-state index in [0.717, 1.165) is 0 Å². The number of aliphatic hydroxyl groups excluding tert-OH is 1. The molecule has 0 spiro atoms. The Labute approximate surface area is 80.0 Å². The predicted molar refractivity (Wildman–Crippen MR) is 47.9 cm³/mol. The first kappa shape index (κ1) is 10.6. The van der Waals surface area contributed by atoms with E-state index in [-0.39, 0.29) is 5.69 Å². The molecule has 0 aromatic heterocycles. The Balaban J connectivity index is 2.61. The van der Waals surface area contributed by atoms with Gasteiger partial charge in [-0.05, 0) is 12.1 Å². The highest BCUT2D eigenvalue weighted by molar-refractivity contribution is 5.90. The summed E-state index contributed by atoms with van der Waals surface area (Å²) in [7, 11) is 0. The number of aliphatic hydroxyl groups is 2. The molecule has 4 nitrogen and oxygen atoms in total. The van der Waals surface area contributed by atoms with E-state index in [1.165, 1.54) is 18.2 Å². The molecule has 1 aromatic rings. The minimum absolute atomic E-state index is 0.0261. The maximum absolute atomic E-state index is 12.9. The zero-order valence-corrected chi connectivity index (χ0v) is 7.27. The fourth-order valence-corrected chi connectivity index (χ4v) is 0.930. The van der Waals surface area contributed by atoms with Crippen molar-refractivity contribution in [2.75, 3.05) is 5.32 Å². The van der Waals surface area contributed by atoms with Crippen LogP contribution in [0.3, 0.4) is 0 Å². The molecule has 0 saturated carbocycles. The minimum atomic E-state index is -1.72. The van der Waals surface area contributed by atoms with Gasteiger partial charge in [-0.1, -0.05) is 12.1 Å². The van der Waals surface area contributed by atoms with E-state index < -0.39 is 24.4 Å². The zero-order chi connectivity index (χ0) is 10.6. The first-order chi connectivity index (χ1) is 6.59. The largest absolute Gasteiger partial charge is 0.368 e. The molecule has 76 valence electrons. The summed E-state index contributed by atoms with van der Waals surface area (Å²) in [5, 5.41) is 19.1. The highest BCUT2D eigenvalue weighted by Crippen LogP contribution is 2.12. The normalized spacial score (nSPS) is 10.3. The van der Waals surface area contributed by atoms with Gasteiger partial charge in [0, 0.05) is 0 Å². The van der Waals surface area contributed by atoms with Crippen LogP contribution in [0.1, 0.15) is 6.42 Å². The van der Waals surface area contributed by atoms with Crippen molar-refractivity contribution in [2.45, 2.75) is 12.7 Å². The Morgan fingerprint density at radius 1 is 1.43 bits per heavy atom. The van der Waals surface area contributed by atoms with Crippen LogP contribution in [0.2, 0.25) is 0 Å². The highest BCUT2D eigenvalue weighted by Gasteiger charge is 2.09. The van der Waals surface area contributed by atoms with Crippen molar-refractivity contribution in [3.63, 3.8) is 0 Å². The summed E-state index contributed by atoms with van der Waals surface area (Å²) in [4.78, 5) is 11.0. The van der Waals surface area contributed by atoms with Crippen LogP contribution in [0.15, 0.2) is 24.3 Å². The number of carbonyl (C=O) groups excluding carboxylic acids is 1. The average molecular weight is 199 g/mol. The monoisotopic (exact) mass is 199 g/mol. The summed E-state index contributed by atoms with van der Waals surface area (Å²) >= 11 is 0. The molecule has 0 unspecified atom stereocenters. The van der Waals surface area contributed by atoms with Gasteiger partial charge in [0.1, 0.15) is 5.82 Å². The Kier molecular flexibility index (Phi) is 3.55. The summed E-state index contributed by atoms with van der Waals surface area (Å²) < 4.78 is 12.9. The molecule has 0 fully saturated rings. The van der Waals surface area contributed by atoms with Crippen LogP contribution in [-0.4, -0.2) is 22.4 Å². The van der Waals surface area contributed by atoms with Crippen LogP contribution in [0.5, 0.6) is 0 Å². The van der Waals surface area contributed by atoms with E-state index >= 15 is 0 Å².